The fourth-order valence-electron chi connectivity index (χ4n) is 1.14. The van der Waals surface area contributed by atoms with Gasteiger partial charge in [-0.1, -0.05) is 0 Å². The topological polar surface area (TPSA) is 51.8 Å². The van der Waals surface area contributed by atoms with Crippen LogP contribution in [0.25, 0.3) is 10.9 Å². The molecule has 0 spiro atoms. The largest absolute Gasteiger partial charge is 0.326 e. The first kappa shape index (κ1) is 6.08. The third kappa shape index (κ3) is 1.04. The quantitative estimate of drug-likeness (QED) is 0.679. The first-order chi connectivity index (χ1) is 6.29. The highest BCUT2D eigenvalue weighted by Gasteiger charge is 1.98. The number of hydrogen-bond donors (Lipinski definition) is 1. The van der Waals surface area contributed by atoms with Crippen molar-refractivity contribution < 1.29 is 1.37 Å². The van der Waals surface area contributed by atoms with Gasteiger partial charge >= 0.3 is 0 Å². The van der Waals surface area contributed by atoms with Crippen molar-refractivity contribution in [2.75, 3.05) is 0 Å². The van der Waals surface area contributed by atoms with Crippen molar-refractivity contribution in [3.63, 3.8) is 0 Å². The zero-order chi connectivity index (χ0) is 9.26. The predicted octanol–water partition coefficient (Wildman–Crippen LogP) is 1.09. The van der Waals surface area contributed by atoms with Crippen LogP contribution in [0, 0.1) is 0 Å². The maximum absolute atomic E-state index is 7.40. The summed E-state index contributed by atoms with van der Waals surface area (Å²) in [6, 6.07) is 3.74. The van der Waals surface area contributed by atoms with E-state index in [9.17, 15) is 0 Å². The third-order valence-electron chi connectivity index (χ3n) is 1.72. The van der Waals surface area contributed by atoms with Crippen molar-refractivity contribution in [1.82, 2.24) is 9.97 Å². The Hall–Kier alpha value is -1.48. The van der Waals surface area contributed by atoms with E-state index in [2.05, 4.69) is 9.97 Å². The van der Waals surface area contributed by atoms with Gasteiger partial charge in [0.1, 0.15) is 0 Å². The molecule has 0 aromatic carbocycles. The minimum Gasteiger partial charge on any atom is -0.326 e. The Morgan fingerprint density at radius 2 is 2.42 bits per heavy atom. The number of pyridine rings is 2. The summed E-state index contributed by atoms with van der Waals surface area (Å²) in [6.45, 7) is -0.772. The fourth-order valence-corrected chi connectivity index (χ4v) is 1.14. The summed E-state index contributed by atoms with van der Waals surface area (Å²) in [5.41, 5.74) is 6.90. The second kappa shape index (κ2) is 2.87. The van der Waals surface area contributed by atoms with Crippen molar-refractivity contribution in [3.05, 3.63) is 36.3 Å². The van der Waals surface area contributed by atoms with Gasteiger partial charge in [0.2, 0.25) is 0 Å². The highest BCUT2D eigenvalue weighted by molar-refractivity contribution is 5.80. The summed E-state index contributed by atoms with van der Waals surface area (Å²) >= 11 is 0. The number of rotatable bonds is 1. The van der Waals surface area contributed by atoms with E-state index in [4.69, 9.17) is 7.10 Å². The second-order valence-corrected chi connectivity index (χ2v) is 2.47. The van der Waals surface area contributed by atoms with Crippen LogP contribution in [0.4, 0.5) is 0 Å². The Morgan fingerprint density at radius 1 is 1.50 bits per heavy atom. The maximum atomic E-state index is 7.40. The van der Waals surface area contributed by atoms with Gasteiger partial charge in [-0.15, -0.1) is 0 Å². The maximum Gasteiger partial charge on any atom is 0.0777 e. The molecule has 12 heavy (non-hydrogen) atoms. The Balaban J connectivity index is 2.76. The average molecular weight is 160 g/mol. The number of hydrogen-bond acceptors (Lipinski definition) is 3. The highest BCUT2D eigenvalue weighted by Crippen LogP contribution is 2.12. The molecule has 3 nitrogen and oxygen atoms in total. The summed E-state index contributed by atoms with van der Waals surface area (Å²) in [4.78, 5) is 8.16. The zero-order valence-corrected chi connectivity index (χ0v) is 6.44. The first-order valence-corrected chi connectivity index (χ1v) is 3.65. The Labute approximate surface area is 71.7 Å². The molecular formula is C9H9N3. The Morgan fingerprint density at radius 3 is 3.25 bits per heavy atom. The van der Waals surface area contributed by atoms with Crippen molar-refractivity contribution in [1.29, 1.82) is 0 Å². The lowest BCUT2D eigenvalue weighted by atomic mass is 10.2. The Bertz CT molecular complexity index is 423. The number of nitrogens with two attached hydrogens (primary N) is 1. The second-order valence-electron chi connectivity index (χ2n) is 2.47. The third-order valence-corrected chi connectivity index (χ3v) is 1.72. The van der Waals surface area contributed by atoms with Crippen molar-refractivity contribution in [2.24, 2.45) is 5.73 Å². The van der Waals surface area contributed by atoms with Crippen molar-refractivity contribution in [2.45, 2.75) is 6.52 Å². The van der Waals surface area contributed by atoms with E-state index in [1.165, 1.54) is 0 Å². The van der Waals surface area contributed by atoms with E-state index in [1.54, 1.807) is 18.6 Å². The minimum atomic E-state index is -0.772. The summed E-state index contributed by atoms with van der Waals surface area (Å²) in [5.74, 6) is 0. The van der Waals surface area contributed by atoms with Gasteiger partial charge in [-0.25, -0.2) is 0 Å². The van der Waals surface area contributed by atoms with Crippen LogP contribution >= 0.6 is 0 Å². The predicted molar refractivity (Wildman–Crippen MR) is 47.4 cm³/mol. The molecule has 0 aliphatic carbocycles. The van der Waals surface area contributed by atoms with Gasteiger partial charge in [0.05, 0.1) is 5.52 Å². The van der Waals surface area contributed by atoms with Crippen LogP contribution in [0.2, 0.25) is 0 Å². The summed E-state index contributed by atoms with van der Waals surface area (Å²) in [6.07, 6.45) is 5.00. The van der Waals surface area contributed by atoms with Crippen molar-refractivity contribution >= 4 is 10.9 Å². The average Bonchev–Trinajstić information content (AvgIpc) is 2.17. The zero-order valence-electron chi connectivity index (χ0n) is 7.44. The molecule has 0 radical (unpaired) electrons. The smallest absolute Gasteiger partial charge is 0.0777 e. The van der Waals surface area contributed by atoms with Gasteiger partial charge in [-0.05, 0) is 12.1 Å². The molecule has 2 rings (SSSR count). The molecule has 0 aliphatic rings. The van der Waals surface area contributed by atoms with E-state index in [0.29, 0.717) is 5.56 Å². The molecule has 0 fully saturated rings. The summed E-state index contributed by atoms with van der Waals surface area (Å²) < 4.78 is 7.40. The molecule has 0 saturated heterocycles. The molecule has 0 saturated carbocycles. The molecule has 2 aromatic heterocycles. The van der Waals surface area contributed by atoms with E-state index < -0.39 is 6.52 Å². The molecule has 0 amide bonds. The van der Waals surface area contributed by atoms with Crippen LogP contribution in [0.3, 0.4) is 0 Å². The van der Waals surface area contributed by atoms with E-state index >= 15 is 0 Å². The van der Waals surface area contributed by atoms with E-state index in [1.807, 2.05) is 12.1 Å². The van der Waals surface area contributed by atoms with Crippen LogP contribution in [0.15, 0.2) is 30.7 Å². The van der Waals surface area contributed by atoms with Gasteiger partial charge in [0.25, 0.3) is 0 Å². The lowest BCUT2D eigenvalue weighted by Crippen LogP contribution is -1.98. The standard InChI is InChI=1S/C9H9N3/c10-4-8-6-11-5-7-2-1-3-12-9(7)8/h1-3,5-6H,4,10H2/i4D/t4-/m1/s1. The number of fused-ring (bicyclic) bond motifs is 1. The molecule has 1 atom stereocenters. The molecule has 0 unspecified atom stereocenters. The molecule has 60 valence electrons. The lowest BCUT2D eigenvalue weighted by molar-refractivity contribution is 1.06. The molecule has 2 N–H and O–H groups in total. The highest BCUT2D eigenvalue weighted by atomic mass is 14.7. The van der Waals surface area contributed by atoms with Crippen LogP contribution in [0.1, 0.15) is 6.93 Å². The van der Waals surface area contributed by atoms with Crippen LogP contribution in [-0.2, 0) is 6.52 Å². The van der Waals surface area contributed by atoms with Crippen molar-refractivity contribution in [3.8, 4) is 0 Å². The van der Waals surface area contributed by atoms with Gasteiger partial charge in [-0.2, -0.15) is 0 Å². The Kier molecular flexibility index (Phi) is 1.45. The van der Waals surface area contributed by atoms with Gasteiger partial charge < -0.3 is 5.73 Å². The first-order valence-electron chi connectivity index (χ1n) is 4.23. The SMILES string of the molecule is [2H][C@@H](N)c1cncc2cccnc12. The van der Waals surface area contributed by atoms with Crippen LogP contribution < -0.4 is 5.73 Å². The molecule has 2 heterocycles. The monoisotopic (exact) mass is 160 g/mol. The normalized spacial score (nSPS) is 14.2. The molecule has 0 bridgehead atoms. The molecular weight excluding hydrogens is 150 g/mol. The van der Waals surface area contributed by atoms with Crippen LogP contribution in [-0.4, -0.2) is 9.97 Å². The molecule has 2 aromatic rings. The fraction of sp³-hybridized carbons (Fsp3) is 0.111. The summed E-state index contributed by atoms with van der Waals surface area (Å²) in [7, 11) is 0. The van der Waals surface area contributed by atoms with Crippen LogP contribution in [0.5, 0.6) is 0 Å². The molecule has 0 aliphatic heterocycles. The van der Waals surface area contributed by atoms with E-state index in [-0.39, 0.29) is 0 Å². The lowest BCUT2D eigenvalue weighted by Gasteiger charge is -2.00. The van der Waals surface area contributed by atoms with E-state index in [0.717, 1.165) is 10.9 Å². The molecule has 3 heteroatoms. The van der Waals surface area contributed by atoms with Gasteiger partial charge in [0, 0.05) is 37.4 Å². The number of aromatic nitrogens is 2. The van der Waals surface area contributed by atoms with Gasteiger partial charge in [0.15, 0.2) is 0 Å². The van der Waals surface area contributed by atoms with Gasteiger partial charge in [-0.3, -0.25) is 9.97 Å². The summed E-state index contributed by atoms with van der Waals surface area (Å²) in [5, 5.41) is 0.919. The number of nitrogens with zero attached hydrogens (tertiary/aromatic N) is 2. The minimum absolute atomic E-state index is 0.665.